The van der Waals surface area contributed by atoms with Crippen LogP contribution in [0.2, 0.25) is 0 Å². The molecule has 2 aromatic heterocycles. The molecule has 3 aromatic rings. The number of pyridine rings is 1. The minimum atomic E-state index is 0.729. The summed E-state index contributed by atoms with van der Waals surface area (Å²) < 4.78 is 2.03. The first-order valence-electron chi connectivity index (χ1n) is 6.95. The van der Waals surface area contributed by atoms with E-state index in [2.05, 4.69) is 24.9 Å². The highest BCUT2D eigenvalue weighted by molar-refractivity contribution is 5.89. The van der Waals surface area contributed by atoms with E-state index in [0.717, 1.165) is 40.8 Å². The van der Waals surface area contributed by atoms with Crippen molar-refractivity contribution in [2.24, 2.45) is 0 Å². The molecule has 2 N–H and O–H groups in total. The molecule has 0 radical (unpaired) electrons. The maximum Gasteiger partial charge on any atom is 0.0758 e. The average molecular weight is 266 g/mol. The van der Waals surface area contributed by atoms with Crippen LogP contribution >= 0.6 is 0 Å². The standard InChI is InChI=1S/C16H18N4/c1-3-12-10-13(4-2)20(19-12)16-7-8-18-15-9-11(17)5-6-14(15)16/h5-10H,3-4,17H2,1-2H3. The first-order valence-corrected chi connectivity index (χ1v) is 6.95. The summed E-state index contributed by atoms with van der Waals surface area (Å²) >= 11 is 0. The number of nitrogens with two attached hydrogens (primary N) is 1. The molecule has 0 fully saturated rings. The Kier molecular flexibility index (Phi) is 3.14. The highest BCUT2D eigenvalue weighted by Crippen LogP contribution is 2.24. The van der Waals surface area contributed by atoms with E-state index in [4.69, 9.17) is 10.8 Å². The van der Waals surface area contributed by atoms with Crippen LogP contribution in [0.3, 0.4) is 0 Å². The Morgan fingerprint density at radius 3 is 2.70 bits per heavy atom. The lowest BCUT2D eigenvalue weighted by Crippen LogP contribution is -2.03. The van der Waals surface area contributed by atoms with Gasteiger partial charge in [0.05, 0.1) is 16.9 Å². The molecule has 4 heteroatoms. The van der Waals surface area contributed by atoms with Gasteiger partial charge >= 0.3 is 0 Å². The summed E-state index contributed by atoms with van der Waals surface area (Å²) in [6, 6.07) is 9.99. The molecule has 3 rings (SSSR count). The van der Waals surface area contributed by atoms with E-state index in [1.807, 2.05) is 35.1 Å². The van der Waals surface area contributed by atoms with Crippen LogP contribution in [0.5, 0.6) is 0 Å². The van der Waals surface area contributed by atoms with Crippen LogP contribution in [-0.4, -0.2) is 14.8 Å². The van der Waals surface area contributed by atoms with Crippen molar-refractivity contribution in [2.45, 2.75) is 26.7 Å². The molecule has 0 bridgehead atoms. The number of aryl methyl sites for hydroxylation is 2. The van der Waals surface area contributed by atoms with Crippen molar-refractivity contribution in [3.8, 4) is 5.69 Å². The van der Waals surface area contributed by atoms with E-state index < -0.39 is 0 Å². The van der Waals surface area contributed by atoms with Crippen molar-refractivity contribution >= 4 is 16.6 Å². The Hall–Kier alpha value is -2.36. The van der Waals surface area contributed by atoms with Crippen LogP contribution in [0.1, 0.15) is 25.2 Å². The molecular weight excluding hydrogens is 248 g/mol. The summed E-state index contributed by atoms with van der Waals surface area (Å²) in [7, 11) is 0. The molecule has 0 saturated carbocycles. The normalized spacial score (nSPS) is 11.1. The lowest BCUT2D eigenvalue weighted by molar-refractivity contribution is 0.798. The number of aromatic nitrogens is 3. The topological polar surface area (TPSA) is 56.7 Å². The number of fused-ring (bicyclic) bond motifs is 1. The zero-order valence-corrected chi connectivity index (χ0v) is 11.8. The molecule has 0 atom stereocenters. The Bertz CT molecular complexity index is 758. The zero-order chi connectivity index (χ0) is 14.1. The fraction of sp³-hybridized carbons (Fsp3) is 0.250. The molecule has 102 valence electrons. The van der Waals surface area contributed by atoms with E-state index in [1.54, 1.807) is 0 Å². The number of nitrogen functional groups attached to an aromatic ring is 1. The first-order chi connectivity index (χ1) is 9.72. The molecule has 0 saturated heterocycles. The molecule has 0 aliphatic carbocycles. The van der Waals surface area contributed by atoms with Gasteiger partial charge in [-0.05, 0) is 43.2 Å². The van der Waals surface area contributed by atoms with Crippen molar-refractivity contribution in [1.82, 2.24) is 14.8 Å². The van der Waals surface area contributed by atoms with Crippen LogP contribution < -0.4 is 5.73 Å². The molecule has 20 heavy (non-hydrogen) atoms. The van der Waals surface area contributed by atoms with Gasteiger partial charge in [-0.3, -0.25) is 4.98 Å². The number of anilines is 1. The van der Waals surface area contributed by atoms with Gasteiger partial charge in [0.15, 0.2) is 0 Å². The Morgan fingerprint density at radius 2 is 1.95 bits per heavy atom. The molecule has 0 aliphatic heterocycles. The number of nitrogens with zero attached hydrogens (tertiary/aromatic N) is 3. The van der Waals surface area contributed by atoms with E-state index in [9.17, 15) is 0 Å². The number of rotatable bonds is 3. The molecule has 1 aromatic carbocycles. The van der Waals surface area contributed by atoms with Crippen molar-refractivity contribution < 1.29 is 0 Å². The summed E-state index contributed by atoms with van der Waals surface area (Å²) in [6.45, 7) is 4.27. The average Bonchev–Trinajstić information content (AvgIpc) is 2.89. The molecule has 0 unspecified atom stereocenters. The second-order valence-corrected chi connectivity index (χ2v) is 4.85. The number of benzene rings is 1. The molecule has 0 aliphatic rings. The fourth-order valence-electron chi connectivity index (χ4n) is 2.44. The van der Waals surface area contributed by atoms with Crippen molar-refractivity contribution in [1.29, 1.82) is 0 Å². The molecule has 4 nitrogen and oxygen atoms in total. The van der Waals surface area contributed by atoms with Gasteiger partial charge in [0.1, 0.15) is 0 Å². The minimum absolute atomic E-state index is 0.729. The maximum atomic E-state index is 5.83. The van der Waals surface area contributed by atoms with E-state index in [0.29, 0.717) is 0 Å². The third-order valence-electron chi connectivity index (χ3n) is 3.53. The van der Waals surface area contributed by atoms with Crippen LogP contribution in [0.15, 0.2) is 36.5 Å². The Morgan fingerprint density at radius 1 is 1.10 bits per heavy atom. The van der Waals surface area contributed by atoms with Crippen LogP contribution in [0.4, 0.5) is 5.69 Å². The van der Waals surface area contributed by atoms with Gasteiger partial charge in [0.25, 0.3) is 0 Å². The fourth-order valence-corrected chi connectivity index (χ4v) is 2.44. The molecule has 2 heterocycles. The first kappa shape index (κ1) is 12.7. The van der Waals surface area contributed by atoms with Crippen molar-refractivity contribution in [3.05, 3.63) is 47.9 Å². The SMILES string of the molecule is CCc1cc(CC)n(-c2ccnc3cc(N)ccc23)n1. The van der Waals surface area contributed by atoms with Gasteiger partial charge in [-0.1, -0.05) is 13.8 Å². The third-order valence-corrected chi connectivity index (χ3v) is 3.53. The van der Waals surface area contributed by atoms with Crippen LogP contribution in [-0.2, 0) is 12.8 Å². The predicted molar refractivity (Wildman–Crippen MR) is 82.0 cm³/mol. The van der Waals surface area contributed by atoms with Gasteiger partial charge in [0.2, 0.25) is 0 Å². The quantitative estimate of drug-likeness (QED) is 0.741. The van der Waals surface area contributed by atoms with E-state index in [-0.39, 0.29) is 0 Å². The van der Waals surface area contributed by atoms with Gasteiger partial charge < -0.3 is 5.73 Å². The summed E-state index contributed by atoms with van der Waals surface area (Å²) in [5, 5.41) is 5.77. The highest BCUT2D eigenvalue weighted by atomic mass is 15.3. The predicted octanol–water partition coefficient (Wildman–Crippen LogP) is 3.13. The molecule has 0 amide bonds. The van der Waals surface area contributed by atoms with Gasteiger partial charge in [-0.15, -0.1) is 0 Å². The van der Waals surface area contributed by atoms with Gasteiger partial charge in [-0.25, -0.2) is 4.68 Å². The summed E-state index contributed by atoms with van der Waals surface area (Å²) in [6.07, 6.45) is 3.70. The second kappa shape index (κ2) is 4.96. The lowest BCUT2D eigenvalue weighted by Gasteiger charge is -2.09. The minimum Gasteiger partial charge on any atom is -0.399 e. The summed E-state index contributed by atoms with van der Waals surface area (Å²) in [5.74, 6) is 0. The van der Waals surface area contributed by atoms with Crippen molar-refractivity contribution in [3.63, 3.8) is 0 Å². The smallest absolute Gasteiger partial charge is 0.0758 e. The monoisotopic (exact) mass is 266 g/mol. The van der Waals surface area contributed by atoms with E-state index >= 15 is 0 Å². The molecule has 0 spiro atoms. The summed E-state index contributed by atoms with van der Waals surface area (Å²) in [5.41, 5.74) is 10.9. The molecular formula is C16H18N4. The van der Waals surface area contributed by atoms with Crippen LogP contribution in [0.25, 0.3) is 16.6 Å². The summed E-state index contributed by atoms with van der Waals surface area (Å²) in [4.78, 5) is 4.39. The lowest BCUT2D eigenvalue weighted by atomic mass is 10.1. The number of hydrogen-bond acceptors (Lipinski definition) is 3. The third kappa shape index (κ3) is 2.03. The van der Waals surface area contributed by atoms with E-state index in [1.165, 1.54) is 5.69 Å². The highest BCUT2D eigenvalue weighted by Gasteiger charge is 2.10. The van der Waals surface area contributed by atoms with Gasteiger partial charge in [0, 0.05) is 23.0 Å². The van der Waals surface area contributed by atoms with Crippen molar-refractivity contribution in [2.75, 3.05) is 5.73 Å². The Balaban J connectivity index is 2.26. The maximum absolute atomic E-state index is 5.83. The second-order valence-electron chi connectivity index (χ2n) is 4.85. The Labute approximate surface area is 118 Å². The van der Waals surface area contributed by atoms with Gasteiger partial charge in [-0.2, -0.15) is 5.10 Å². The van der Waals surface area contributed by atoms with Crippen LogP contribution in [0, 0.1) is 0 Å². The number of hydrogen-bond donors (Lipinski definition) is 1. The largest absolute Gasteiger partial charge is 0.399 e. The zero-order valence-electron chi connectivity index (χ0n) is 11.8.